The zero-order valence-corrected chi connectivity index (χ0v) is 18.3. The van der Waals surface area contributed by atoms with Crippen LogP contribution in [-0.2, 0) is 6.54 Å². The fraction of sp³-hybridized carbons (Fsp3) is 0.765. The SMILES string of the molecule is CN=C(NCCN1CCCCCC1)NCc1nc(C(C)C)cs1.I. The van der Waals surface area contributed by atoms with Gasteiger partial charge in [0.05, 0.1) is 12.2 Å². The molecule has 1 aliphatic heterocycles. The van der Waals surface area contributed by atoms with Gasteiger partial charge < -0.3 is 15.5 Å². The highest BCUT2D eigenvalue weighted by molar-refractivity contribution is 14.0. The largest absolute Gasteiger partial charge is 0.355 e. The molecule has 0 spiro atoms. The fourth-order valence-electron chi connectivity index (χ4n) is 2.74. The van der Waals surface area contributed by atoms with Gasteiger partial charge in [0.15, 0.2) is 5.96 Å². The Balaban J connectivity index is 0.00000288. The molecule has 5 nitrogen and oxygen atoms in total. The highest BCUT2D eigenvalue weighted by Gasteiger charge is 2.09. The highest BCUT2D eigenvalue weighted by Crippen LogP contribution is 2.17. The van der Waals surface area contributed by atoms with Crippen molar-refractivity contribution in [2.24, 2.45) is 4.99 Å². The van der Waals surface area contributed by atoms with Crippen LogP contribution in [0.25, 0.3) is 0 Å². The van der Waals surface area contributed by atoms with Crippen molar-refractivity contribution in [3.05, 3.63) is 16.1 Å². The van der Waals surface area contributed by atoms with Gasteiger partial charge in [0.25, 0.3) is 0 Å². The number of hydrogen-bond acceptors (Lipinski definition) is 4. The third-order valence-electron chi connectivity index (χ3n) is 4.21. The summed E-state index contributed by atoms with van der Waals surface area (Å²) in [5.74, 6) is 1.35. The molecule has 0 radical (unpaired) electrons. The summed E-state index contributed by atoms with van der Waals surface area (Å²) in [4.78, 5) is 11.5. The molecular weight excluding hydrogens is 433 g/mol. The Morgan fingerprint density at radius 1 is 1.25 bits per heavy atom. The zero-order chi connectivity index (χ0) is 16.5. The van der Waals surface area contributed by atoms with Crippen LogP contribution in [0.2, 0.25) is 0 Å². The molecule has 7 heteroatoms. The van der Waals surface area contributed by atoms with E-state index in [1.807, 2.05) is 7.05 Å². The number of likely N-dealkylation sites (tertiary alicyclic amines) is 1. The van der Waals surface area contributed by atoms with Gasteiger partial charge in [-0.2, -0.15) is 0 Å². The lowest BCUT2D eigenvalue weighted by molar-refractivity contribution is 0.289. The van der Waals surface area contributed by atoms with Crippen molar-refractivity contribution in [3.63, 3.8) is 0 Å². The highest BCUT2D eigenvalue weighted by atomic mass is 127. The van der Waals surface area contributed by atoms with E-state index in [1.165, 1.54) is 44.5 Å². The summed E-state index contributed by atoms with van der Waals surface area (Å²) in [6, 6.07) is 0. The van der Waals surface area contributed by atoms with Crippen LogP contribution in [0.15, 0.2) is 10.4 Å². The van der Waals surface area contributed by atoms with Gasteiger partial charge in [-0.1, -0.05) is 26.7 Å². The van der Waals surface area contributed by atoms with Gasteiger partial charge in [-0.05, 0) is 31.8 Å². The smallest absolute Gasteiger partial charge is 0.191 e. The summed E-state index contributed by atoms with van der Waals surface area (Å²) in [6.45, 7) is 9.60. The third-order valence-corrected chi connectivity index (χ3v) is 5.08. The second kappa shape index (κ2) is 12.0. The number of nitrogens with one attached hydrogen (secondary N) is 2. The number of guanidine groups is 1. The van der Waals surface area contributed by atoms with E-state index in [0.717, 1.165) is 30.6 Å². The van der Waals surface area contributed by atoms with E-state index in [9.17, 15) is 0 Å². The van der Waals surface area contributed by atoms with Crippen molar-refractivity contribution >= 4 is 41.3 Å². The molecule has 0 amide bonds. The summed E-state index contributed by atoms with van der Waals surface area (Å²) in [6.07, 6.45) is 5.46. The van der Waals surface area contributed by atoms with Crippen molar-refractivity contribution in [2.45, 2.75) is 52.0 Å². The van der Waals surface area contributed by atoms with Crippen LogP contribution in [0.1, 0.15) is 56.2 Å². The summed E-state index contributed by atoms with van der Waals surface area (Å²) in [5, 5.41) is 10.0. The van der Waals surface area contributed by atoms with Crippen LogP contribution in [0.3, 0.4) is 0 Å². The Kier molecular flexibility index (Phi) is 10.8. The van der Waals surface area contributed by atoms with Crippen LogP contribution < -0.4 is 10.6 Å². The first kappa shape index (κ1) is 21.6. The van der Waals surface area contributed by atoms with Crippen LogP contribution >= 0.6 is 35.3 Å². The molecule has 1 aromatic rings. The lowest BCUT2D eigenvalue weighted by Gasteiger charge is -2.20. The van der Waals surface area contributed by atoms with Gasteiger partial charge in [0.2, 0.25) is 0 Å². The van der Waals surface area contributed by atoms with E-state index in [1.54, 1.807) is 11.3 Å². The van der Waals surface area contributed by atoms with Gasteiger partial charge in [-0.25, -0.2) is 4.98 Å². The van der Waals surface area contributed by atoms with Crippen LogP contribution in [0, 0.1) is 0 Å². The van der Waals surface area contributed by atoms with E-state index < -0.39 is 0 Å². The topological polar surface area (TPSA) is 52.6 Å². The van der Waals surface area contributed by atoms with E-state index in [2.05, 4.69) is 44.7 Å². The molecule has 1 aliphatic rings. The summed E-state index contributed by atoms with van der Waals surface area (Å²) in [7, 11) is 1.82. The van der Waals surface area contributed by atoms with Gasteiger partial charge in [-0.3, -0.25) is 4.99 Å². The monoisotopic (exact) mass is 465 g/mol. The molecular formula is C17H32IN5S. The molecule has 0 atom stereocenters. The molecule has 24 heavy (non-hydrogen) atoms. The van der Waals surface area contributed by atoms with E-state index >= 15 is 0 Å². The number of hydrogen-bond donors (Lipinski definition) is 2. The molecule has 0 aliphatic carbocycles. The summed E-state index contributed by atoms with van der Waals surface area (Å²) in [5.41, 5.74) is 1.18. The van der Waals surface area contributed by atoms with Crippen LogP contribution in [0.4, 0.5) is 0 Å². The Labute approximate surface area is 167 Å². The minimum atomic E-state index is 0. The first-order chi connectivity index (χ1) is 11.2. The first-order valence-corrected chi connectivity index (χ1v) is 9.68. The Morgan fingerprint density at radius 3 is 2.54 bits per heavy atom. The predicted octanol–water partition coefficient (Wildman–Crippen LogP) is 3.43. The first-order valence-electron chi connectivity index (χ1n) is 8.80. The molecule has 2 rings (SSSR count). The van der Waals surface area contributed by atoms with E-state index in [0.29, 0.717) is 5.92 Å². The number of aromatic nitrogens is 1. The van der Waals surface area contributed by atoms with Crippen molar-refractivity contribution in [1.82, 2.24) is 20.5 Å². The molecule has 2 N–H and O–H groups in total. The Morgan fingerprint density at radius 2 is 1.96 bits per heavy atom. The number of rotatable bonds is 6. The molecule has 0 saturated carbocycles. The fourth-order valence-corrected chi connectivity index (χ4v) is 3.64. The second-order valence-corrected chi connectivity index (χ2v) is 7.37. The van der Waals surface area contributed by atoms with Gasteiger partial charge in [-0.15, -0.1) is 35.3 Å². The van der Waals surface area contributed by atoms with Gasteiger partial charge >= 0.3 is 0 Å². The van der Waals surface area contributed by atoms with Crippen LogP contribution in [0.5, 0.6) is 0 Å². The molecule has 0 unspecified atom stereocenters. The number of aliphatic imine (C=N–C) groups is 1. The summed E-state index contributed by atoms with van der Waals surface area (Å²) < 4.78 is 0. The van der Waals surface area contributed by atoms with Crippen molar-refractivity contribution in [2.75, 3.05) is 33.2 Å². The molecule has 0 aromatic carbocycles. The molecule has 1 saturated heterocycles. The molecule has 138 valence electrons. The Bertz CT molecular complexity index is 481. The van der Waals surface area contributed by atoms with Gasteiger partial charge in [0.1, 0.15) is 5.01 Å². The average Bonchev–Trinajstić information content (AvgIpc) is 2.87. The standard InChI is InChI=1S/C17H31N5S.HI/c1-14(2)15-13-23-16(21-15)12-20-17(18-3)19-8-11-22-9-6-4-5-7-10-22;/h13-14H,4-12H2,1-3H3,(H2,18,19,20);1H. The number of nitrogens with zero attached hydrogens (tertiary/aromatic N) is 3. The normalized spacial score (nSPS) is 16.6. The quantitative estimate of drug-likeness (QED) is 0.384. The Hall–Kier alpha value is -0.410. The molecule has 0 bridgehead atoms. The minimum absolute atomic E-state index is 0. The van der Waals surface area contributed by atoms with E-state index in [4.69, 9.17) is 0 Å². The van der Waals surface area contributed by atoms with Crippen molar-refractivity contribution in [1.29, 1.82) is 0 Å². The maximum absolute atomic E-state index is 4.65. The average molecular weight is 465 g/mol. The lowest BCUT2D eigenvalue weighted by atomic mass is 10.2. The molecule has 1 fully saturated rings. The van der Waals surface area contributed by atoms with E-state index in [-0.39, 0.29) is 24.0 Å². The number of thiazole rings is 1. The molecule has 2 heterocycles. The maximum Gasteiger partial charge on any atom is 0.191 e. The lowest BCUT2D eigenvalue weighted by Crippen LogP contribution is -2.41. The molecule has 1 aromatic heterocycles. The predicted molar refractivity (Wildman–Crippen MR) is 115 cm³/mol. The van der Waals surface area contributed by atoms with Gasteiger partial charge in [0, 0.05) is 25.5 Å². The number of halogens is 1. The van der Waals surface area contributed by atoms with Crippen molar-refractivity contribution < 1.29 is 0 Å². The zero-order valence-electron chi connectivity index (χ0n) is 15.2. The van der Waals surface area contributed by atoms with Crippen LogP contribution in [-0.4, -0.2) is 49.1 Å². The maximum atomic E-state index is 4.65. The van der Waals surface area contributed by atoms with Crippen molar-refractivity contribution in [3.8, 4) is 0 Å². The minimum Gasteiger partial charge on any atom is -0.355 e. The second-order valence-electron chi connectivity index (χ2n) is 6.43. The summed E-state index contributed by atoms with van der Waals surface area (Å²) >= 11 is 1.71. The third kappa shape index (κ3) is 7.65.